The van der Waals surface area contributed by atoms with E-state index in [9.17, 15) is 27.4 Å². The second-order valence-electron chi connectivity index (χ2n) is 9.18. The van der Waals surface area contributed by atoms with Gasteiger partial charge >= 0.3 is 0 Å². The first-order valence-electron chi connectivity index (χ1n) is 11.9. The lowest BCUT2D eigenvalue weighted by Crippen LogP contribution is -2.38. The highest BCUT2D eigenvalue weighted by Gasteiger charge is 2.43. The molecule has 16 heteroatoms. The maximum absolute atomic E-state index is 14.8. The molecule has 4 aromatic rings. The number of hydrogen-bond acceptors (Lipinski definition) is 9. The van der Waals surface area contributed by atoms with Gasteiger partial charge in [-0.05, 0) is 12.5 Å². The molecule has 1 fully saturated rings. The molecule has 210 valence electrons. The van der Waals surface area contributed by atoms with Crippen LogP contribution in [0.15, 0.2) is 43.1 Å². The summed E-state index contributed by atoms with van der Waals surface area (Å²) in [5, 5.41) is 30.5. The van der Waals surface area contributed by atoms with Crippen LogP contribution in [-0.2, 0) is 16.9 Å². The number of nitrogens with one attached hydrogen (secondary N) is 1. The van der Waals surface area contributed by atoms with Gasteiger partial charge in [-0.25, -0.2) is 33.3 Å². The van der Waals surface area contributed by atoms with Crippen LogP contribution in [0.5, 0.6) is 5.75 Å². The van der Waals surface area contributed by atoms with Gasteiger partial charge in [0.05, 0.1) is 28.7 Å². The smallest absolute Gasteiger partial charge is 0.274 e. The first kappa shape index (κ1) is 27.4. The molecule has 13 nitrogen and oxygen atoms in total. The molecule has 0 spiro atoms. The minimum atomic E-state index is -4.01. The standard InChI is InChI=1S/C24H24F2N8O5S/c25-17-7-15(39-12-33-5-1-4-31-33)8-18(26)16(17)3-2-13-10-34(24-20(13)23(27)29-11-30-24)19-6-14(21(35)22(19)36)9-32-40(28,37)38/h1,4-5,7-8,10-11,14,19,21-22,32,35-36H,6,9,12H2,(H2,27,29,30)(H2,28,37,38)/t14-,19-,21-,22+/m1/s1. The van der Waals surface area contributed by atoms with Crippen molar-refractivity contribution in [3.63, 3.8) is 0 Å². The van der Waals surface area contributed by atoms with E-state index in [1.54, 1.807) is 12.3 Å². The van der Waals surface area contributed by atoms with Crippen LogP contribution in [0.3, 0.4) is 0 Å². The number of fused-ring (bicyclic) bond motifs is 1. The Balaban J connectivity index is 1.45. The number of aliphatic hydroxyl groups excluding tert-OH is 2. The number of nitrogens with zero attached hydrogens (tertiary/aromatic N) is 5. The number of hydrogen-bond donors (Lipinski definition) is 5. The summed E-state index contributed by atoms with van der Waals surface area (Å²) in [6.07, 6.45) is 3.42. The average Bonchev–Trinajstić information content (AvgIpc) is 3.60. The number of nitrogens with two attached hydrogens (primary N) is 2. The Hall–Kier alpha value is -4.14. The quantitative estimate of drug-likeness (QED) is 0.189. The Bertz CT molecular complexity index is 1700. The van der Waals surface area contributed by atoms with Crippen molar-refractivity contribution in [1.82, 2.24) is 29.0 Å². The van der Waals surface area contributed by atoms with Gasteiger partial charge in [-0.15, -0.1) is 0 Å². The number of aromatic nitrogens is 5. The van der Waals surface area contributed by atoms with Gasteiger partial charge in [0, 0.05) is 43.2 Å². The zero-order valence-electron chi connectivity index (χ0n) is 20.6. The van der Waals surface area contributed by atoms with Crippen molar-refractivity contribution in [2.24, 2.45) is 11.1 Å². The maximum Gasteiger partial charge on any atom is 0.274 e. The number of nitrogen functional groups attached to an aromatic ring is 1. The van der Waals surface area contributed by atoms with Crippen LogP contribution >= 0.6 is 0 Å². The van der Waals surface area contributed by atoms with Crippen LogP contribution in [-0.4, -0.2) is 61.7 Å². The molecule has 0 amide bonds. The molecule has 1 saturated carbocycles. The van der Waals surface area contributed by atoms with Gasteiger partial charge in [-0.3, -0.25) is 0 Å². The van der Waals surface area contributed by atoms with Crippen LogP contribution in [0.2, 0.25) is 0 Å². The fourth-order valence-corrected chi connectivity index (χ4v) is 5.10. The number of benzene rings is 1. The Morgan fingerprint density at radius 2 is 1.93 bits per heavy atom. The first-order valence-corrected chi connectivity index (χ1v) is 13.4. The molecule has 0 bridgehead atoms. The van der Waals surface area contributed by atoms with Crippen molar-refractivity contribution in [1.29, 1.82) is 0 Å². The van der Waals surface area contributed by atoms with Gasteiger partial charge in [0.15, 0.2) is 6.73 Å². The Morgan fingerprint density at radius 1 is 1.18 bits per heavy atom. The van der Waals surface area contributed by atoms with E-state index in [0.717, 1.165) is 12.1 Å². The molecule has 3 heterocycles. The predicted octanol–water partition coefficient (Wildman–Crippen LogP) is 0.000400. The molecule has 0 unspecified atom stereocenters. The average molecular weight is 575 g/mol. The number of aliphatic hydroxyl groups is 2. The van der Waals surface area contributed by atoms with Crippen LogP contribution in [0.25, 0.3) is 11.0 Å². The molecule has 3 aromatic heterocycles. The Kier molecular flexibility index (Phi) is 7.40. The third kappa shape index (κ3) is 5.59. The highest BCUT2D eigenvalue weighted by atomic mass is 32.2. The van der Waals surface area contributed by atoms with E-state index in [4.69, 9.17) is 15.6 Å². The largest absolute Gasteiger partial charge is 0.471 e. The monoisotopic (exact) mass is 574 g/mol. The van der Waals surface area contributed by atoms with Crippen molar-refractivity contribution in [2.75, 3.05) is 12.3 Å². The first-order chi connectivity index (χ1) is 19.0. The Morgan fingerprint density at radius 3 is 2.60 bits per heavy atom. The van der Waals surface area contributed by atoms with Crippen molar-refractivity contribution in [3.05, 3.63) is 65.9 Å². The zero-order chi connectivity index (χ0) is 28.6. The van der Waals surface area contributed by atoms with E-state index >= 15 is 0 Å². The predicted molar refractivity (Wildman–Crippen MR) is 137 cm³/mol. The van der Waals surface area contributed by atoms with Crippen LogP contribution in [0, 0.1) is 29.4 Å². The summed E-state index contributed by atoms with van der Waals surface area (Å²) in [6, 6.07) is 2.93. The molecule has 7 N–H and O–H groups in total. The van der Waals surface area contributed by atoms with E-state index in [-0.39, 0.29) is 47.9 Å². The topological polar surface area (TPSA) is 196 Å². The second-order valence-corrected chi connectivity index (χ2v) is 10.6. The highest BCUT2D eigenvalue weighted by Crippen LogP contribution is 2.38. The summed E-state index contributed by atoms with van der Waals surface area (Å²) < 4.78 is 62.6. The lowest BCUT2D eigenvalue weighted by Gasteiger charge is -2.18. The fourth-order valence-electron chi connectivity index (χ4n) is 4.66. The molecular weight excluding hydrogens is 550 g/mol. The van der Waals surface area contributed by atoms with E-state index in [1.807, 2.05) is 0 Å². The number of ether oxygens (including phenoxy) is 1. The molecule has 4 atom stereocenters. The fraction of sp³-hybridized carbons (Fsp3) is 0.292. The van der Waals surface area contributed by atoms with Gasteiger partial charge in [0.2, 0.25) is 0 Å². The minimum absolute atomic E-state index is 0.0387. The number of halogens is 2. The van der Waals surface area contributed by atoms with Crippen LogP contribution in [0.4, 0.5) is 14.6 Å². The summed E-state index contributed by atoms with van der Waals surface area (Å²) in [5.41, 5.74) is 6.04. The highest BCUT2D eigenvalue weighted by molar-refractivity contribution is 7.87. The van der Waals surface area contributed by atoms with E-state index < -0.39 is 51.6 Å². The molecule has 1 aliphatic rings. The summed E-state index contributed by atoms with van der Waals surface area (Å²) in [6.45, 7) is -0.243. The van der Waals surface area contributed by atoms with Crippen molar-refractivity contribution < 1.29 is 32.1 Å². The zero-order valence-corrected chi connectivity index (χ0v) is 21.5. The third-order valence-electron chi connectivity index (χ3n) is 6.57. The molecule has 0 radical (unpaired) electrons. The van der Waals surface area contributed by atoms with Crippen molar-refractivity contribution >= 4 is 27.1 Å². The summed E-state index contributed by atoms with van der Waals surface area (Å²) in [4.78, 5) is 8.20. The summed E-state index contributed by atoms with van der Waals surface area (Å²) in [5.74, 6) is 2.62. The van der Waals surface area contributed by atoms with E-state index in [2.05, 4.69) is 31.6 Å². The summed E-state index contributed by atoms with van der Waals surface area (Å²) >= 11 is 0. The van der Waals surface area contributed by atoms with Gasteiger partial charge in [0.1, 0.15) is 41.3 Å². The summed E-state index contributed by atoms with van der Waals surface area (Å²) in [7, 11) is -4.01. The van der Waals surface area contributed by atoms with Crippen molar-refractivity contribution in [2.45, 2.75) is 31.4 Å². The lowest BCUT2D eigenvalue weighted by atomic mass is 10.1. The van der Waals surface area contributed by atoms with Crippen LogP contribution in [0.1, 0.15) is 23.6 Å². The van der Waals surface area contributed by atoms with Gasteiger partial charge in [0.25, 0.3) is 10.2 Å². The number of anilines is 1. The minimum Gasteiger partial charge on any atom is -0.471 e. The van der Waals surface area contributed by atoms with Gasteiger partial charge in [-0.1, -0.05) is 11.8 Å². The molecule has 0 aliphatic heterocycles. The second kappa shape index (κ2) is 10.8. The van der Waals surface area contributed by atoms with E-state index in [1.165, 1.54) is 28.0 Å². The molecular formula is C24H24F2N8O5S. The van der Waals surface area contributed by atoms with Crippen molar-refractivity contribution in [3.8, 4) is 17.6 Å². The maximum atomic E-state index is 14.8. The Labute approximate surface area is 226 Å². The number of rotatable bonds is 7. The van der Waals surface area contributed by atoms with Gasteiger partial charge < -0.3 is 25.3 Å². The normalized spacial score (nSPS) is 20.9. The molecule has 5 rings (SSSR count). The molecule has 40 heavy (non-hydrogen) atoms. The molecule has 1 aromatic carbocycles. The third-order valence-corrected chi connectivity index (χ3v) is 7.14. The van der Waals surface area contributed by atoms with Gasteiger partial charge in [-0.2, -0.15) is 13.5 Å². The van der Waals surface area contributed by atoms with E-state index in [0.29, 0.717) is 0 Å². The van der Waals surface area contributed by atoms with Crippen LogP contribution < -0.4 is 20.3 Å². The SMILES string of the molecule is Nc1ncnc2c1c(C#Cc1c(F)cc(OCn3cccn3)cc1F)cn2[C@@H]1C[C@H](CNS(N)(=O)=O)[C@@H](O)[C@H]1O. The molecule has 0 saturated heterocycles. The molecule has 1 aliphatic carbocycles. The lowest BCUT2D eigenvalue weighted by molar-refractivity contribution is 0.00769.